The lowest BCUT2D eigenvalue weighted by Gasteiger charge is -2.22. The van der Waals surface area contributed by atoms with E-state index in [2.05, 4.69) is 10.3 Å². The van der Waals surface area contributed by atoms with Crippen LogP contribution in [-0.2, 0) is 9.84 Å². The lowest BCUT2D eigenvalue weighted by Crippen LogP contribution is -2.40. The van der Waals surface area contributed by atoms with Crippen LogP contribution in [0.2, 0.25) is 0 Å². The molecule has 1 aromatic rings. The maximum Gasteiger partial charge on any atom is 0.253 e. The summed E-state index contributed by atoms with van der Waals surface area (Å²) in [6, 6.07) is 1.19. The molecule has 1 aromatic heterocycles. The van der Waals surface area contributed by atoms with E-state index in [1.165, 1.54) is 18.5 Å². The van der Waals surface area contributed by atoms with Gasteiger partial charge >= 0.3 is 0 Å². The van der Waals surface area contributed by atoms with Crippen molar-refractivity contribution < 1.29 is 18.3 Å². The van der Waals surface area contributed by atoms with Crippen LogP contribution in [0.3, 0.4) is 0 Å². The van der Waals surface area contributed by atoms with Gasteiger partial charge in [0.05, 0.1) is 23.3 Å². The normalized spacial score (nSPS) is 19.3. The number of carbonyl (C=O) groups is 1. The van der Waals surface area contributed by atoms with Gasteiger partial charge in [0.2, 0.25) is 0 Å². The molecule has 6 nitrogen and oxygen atoms in total. The van der Waals surface area contributed by atoms with Gasteiger partial charge in [-0.1, -0.05) is 0 Å². The predicted octanol–water partition coefficient (Wildman–Crippen LogP) is 0.0942. The van der Waals surface area contributed by atoms with E-state index in [4.69, 9.17) is 0 Å². The Morgan fingerprint density at radius 2 is 2.00 bits per heavy atom. The molecule has 0 saturated carbocycles. The molecule has 0 unspecified atom stereocenters. The molecule has 1 amide bonds. The van der Waals surface area contributed by atoms with Crippen LogP contribution in [0.5, 0.6) is 5.75 Å². The number of hydrogen-bond acceptors (Lipinski definition) is 5. The first kappa shape index (κ1) is 12.8. The molecule has 2 heterocycles. The van der Waals surface area contributed by atoms with Crippen LogP contribution in [0.15, 0.2) is 18.5 Å². The van der Waals surface area contributed by atoms with E-state index in [0.29, 0.717) is 12.8 Å². The second kappa shape index (κ2) is 4.93. The zero-order valence-corrected chi connectivity index (χ0v) is 10.5. The molecular weight excluding hydrogens is 256 g/mol. The van der Waals surface area contributed by atoms with Crippen LogP contribution in [0, 0.1) is 0 Å². The second-order valence-corrected chi connectivity index (χ2v) is 6.64. The van der Waals surface area contributed by atoms with Gasteiger partial charge in [0.1, 0.15) is 15.6 Å². The number of rotatable bonds is 2. The number of sulfone groups is 1. The minimum atomic E-state index is -2.93. The minimum absolute atomic E-state index is 0.0751. The molecule has 0 aromatic carbocycles. The highest BCUT2D eigenvalue weighted by molar-refractivity contribution is 7.91. The minimum Gasteiger partial charge on any atom is -0.506 e. The topological polar surface area (TPSA) is 96.4 Å². The molecule has 2 N–H and O–H groups in total. The van der Waals surface area contributed by atoms with E-state index in [0.717, 1.165) is 0 Å². The van der Waals surface area contributed by atoms with E-state index < -0.39 is 9.84 Å². The molecule has 0 atom stereocenters. The summed E-state index contributed by atoms with van der Waals surface area (Å²) in [6.07, 6.45) is 3.46. The number of pyridine rings is 1. The third kappa shape index (κ3) is 3.19. The molecule has 0 bridgehead atoms. The van der Waals surface area contributed by atoms with Gasteiger partial charge in [-0.25, -0.2) is 8.42 Å². The first-order valence-corrected chi connectivity index (χ1v) is 7.44. The van der Waals surface area contributed by atoms with Crippen molar-refractivity contribution in [3.63, 3.8) is 0 Å². The lowest BCUT2D eigenvalue weighted by molar-refractivity contribution is 0.0933. The maximum atomic E-state index is 11.8. The first-order valence-electron chi connectivity index (χ1n) is 5.61. The van der Waals surface area contributed by atoms with Crippen LogP contribution >= 0.6 is 0 Å². The van der Waals surface area contributed by atoms with Crippen molar-refractivity contribution in [3.8, 4) is 5.75 Å². The van der Waals surface area contributed by atoms with Gasteiger partial charge in [-0.15, -0.1) is 0 Å². The molecule has 7 heteroatoms. The fourth-order valence-corrected chi connectivity index (χ4v) is 3.35. The highest BCUT2D eigenvalue weighted by Gasteiger charge is 2.24. The smallest absolute Gasteiger partial charge is 0.253 e. The molecule has 98 valence electrons. The second-order valence-electron chi connectivity index (χ2n) is 4.33. The van der Waals surface area contributed by atoms with Crippen molar-refractivity contribution in [2.24, 2.45) is 0 Å². The van der Waals surface area contributed by atoms with Crippen molar-refractivity contribution in [1.82, 2.24) is 10.3 Å². The SMILES string of the molecule is O=C(NC1CCS(=O)(=O)CC1)c1cncc(O)c1. The summed E-state index contributed by atoms with van der Waals surface area (Å²) in [4.78, 5) is 15.5. The number of carbonyl (C=O) groups excluding carboxylic acids is 1. The Morgan fingerprint density at radius 1 is 1.33 bits per heavy atom. The Morgan fingerprint density at radius 3 is 2.61 bits per heavy atom. The van der Waals surface area contributed by atoms with Crippen LogP contribution in [0.4, 0.5) is 0 Å². The highest BCUT2D eigenvalue weighted by Crippen LogP contribution is 2.14. The standard InChI is InChI=1S/C11H14N2O4S/c14-10-5-8(6-12-7-10)11(15)13-9-1-3-18(16,17)4-2-9/h5-7,9,14H,1-4H2,(H,13,15). The van der Waals surface area contributed by atoms with Crippen molar-refractivity contribution in [3.05, 3.63) is 24.0 Å². The molecule has 0 aliphatic carbocycles. The monoisotopic (exact) mass is 270 g/mol. The molecular formula is C11H14N2O4S. The van der Waals surface area contributed by atoms with Crippen molar-refractivity contribution in [2.75, 3.05) is 11.5 Å². The number of amides is 1. The number of nitrogens with zero attached hydrogens (tertiary/aromatic N) is 1. The van der Waals surface area contributed by atoms with Crippen molar-refractivity contribution in [1.29, 1.82) is 0 Å². The summed E-state index contributed by atoms with van der Waals surface area (Å²) in [6.45, 7) is 0. The Hall–Kier alpha value is -1.63. The lowest BCUT2D eigenvalue weighted by atomic mass is 10.1. The van der Waals surface area contributed by atoms with Crippen LogP contribution < -0.4 is 5.32 Å². The molecule has 0 radical (unpaired) electrons. The average Bonchev–Trinajstić information content (AvgIpc) is 2.32. The highest BCUT2D eigenvalue weighted by atomic mass is 32.2. The largest absolute Gasteiger partial charge is 0.506 e. The van der Waals surface area contributed by atoms with Crippen LogP contribution in [0.25, 0.3) is 0 Å². The Bertz CT molecular complexity index is 542. The van der Waals surface area contributed by atoms with Gasteiger partial charge in [-0.05, 0) is 18.9 Å². The predicted molar refractivity (Wildman–Crippen MR) is 65.0 cm³/mol. The van der Waals surface area contributed by atoms with E-state index in [-0.39, 0.29) is 34.8 Å². The van der Waals surface area contributed by atoms with Crippen LogP contribution in [-0.4, -0.2) is 42.0 Å². The van der Waals surface area contributed by atoms with E-state index >= 15 is 0 Å². The third-order valence-corrected chi connectivity index (χ3v) is 4.59. The summed E-state index contributed by atoms with van der Waals surface area (Å²) < 4.78 is 22.5. The molecule has 1 fully saturated rings. The molecule has 1 aliphatic heterocycles. The van der Waals surface area contributed by atoms with E-state index in [1.807, 2.05) is 0 Å². The van der Waals surface area contributed by atoms with Gasteiger partial charge in [0.25, 0.3) is 5.91 Å². The van der Waals surface area contributed by atoms with Gasteiger partial charge in [-0.3, -0.25) is 9.78 Å². The van der Waals surface area contributed by atoms with Crippen molar-refractivity contribution in [2.45, 2.75) is 18.9 Å². The summed E-state index contributed by atoms with van der Waals surface area (Å²) in [5, 5.41) is 12.0. The zero-order chi connectivity index (χ0) is 13.2. The molecule has 1 saturated heterocycles. The Kier molecular flexibility index (Phi) is 3.51. The molecule has 0 spiro atoms. The number of aromatic hydroxyl groups is 1. The Labute approximate surface area is 105 Å². The summed E-state index contributed by atoms with van der Waals surface area (Å²) >= 11 is 0. The number of aromatic nitrogens is 1. The van der Waals surface area contributed by atoms with Crippen LogP contribution in [0.1, 0.15) is 23.2 Å². The van der Waals surface area contributed by atoms with E-state index in [1.54, 1.807) is 0 Å². The quantitative estimate of drug-likeness (QED) is 0.794. The van der Waals surface area contributed by atoms with Crippen molar-refractivity contribution >= 4 is 15.7 Å². The summed E-state index contributed by atoms with van der Waals surface area (Å²) in [5.41, 5.74) is 0.267. The summed E-state index contributed by atoms with van der Waals surface area (Å²) in [7, 11) is -2.93. The van der Waals surface area contributed by atoms with Gasteiger partial charge < -0.3 is 10.4 Å². The number of hydrogen-bond donors (Lipinski definition) is 2. The third-order valence-electron chi connectivity index (χ3n) is 2.88. The molecule has 1 aliphatic rings. The molecule has 18 heavy (non-hydrogen) atoms. The number of nitrogens with one attached hydrogen (secondary N) is 1. The van der Waals surface area contributed by atoms with Gasteiger partial charge in [0.15, 0.2) is 0 Å². The maximum absolute atomic E-state index is 11.8. The fraction of sp³-hybridized carbons (Fsp3) is 0.455. The van der Waals surface area contributed by atoms with Gasteiger partial charge in [-0.2, -0.15) is 0 Å². The zero-order valence-electron chi connectivity index (χ0n) is 9.67. The van der Waals surface area contributed by atoms with Gasteiger partial charge in [0, 0.05) is 12.2 Å². The summed E-state index contributed by atoms with van der Waals surface area (Å²) in [5.74, 6) is -0.205. The first-order chi connectivity index (χ1) is 8.46. The Balaban J connectivity index is 1.97. The fourth-order valence-electron chi connectivity index (χ4n) is 1.86. The van der Waals surface area contributed by atoms with E-state index in [9.17, 15) is 18.3 Å². The average molecular weight is 270 g/mol. The molecule has 2 rings (SSSR count).